The maximum atomic E-state index is 13.4. The number of amides is 1. The molecule has 0 spiro atoms. The molecule has 0 aliphatic heterocycles. The maximum absolute atomic E-state index is 13.4. The second kappa shape index (κ2) is 4.49. The minimum Gasteiger partial charge on any atom is -0.399 e. The molecule has 0 saturated heterocycles. The molecular weight excluding hydrogens is 211 g/mol. The van der Waals surface area contributed by atoms with E-state index < -0.39 is 17.3 Å². The topological polar surface area (TPSA) is 64.3 Å². The number of anilines is 2. The number of benzene rings is 1. The van der Waals surface area contributed by atoms with Crippen molar-refractivity contribution in [2.24, 2.45) is 0 Å². The molecule has 16 heavy (non-hydrogen) atoms. The third kappa shape index (κ3) is 2.70. The van der Waals surface area contributed by atoms with Crippen LogP contribution in [0.1, 0.15) is 13.8 Å². The highest BCUT2D eigenvalue weighted by atomic mass is 19.1. The quantitative estimate of drug-likeness (QED) is 0.772. The molecule has 88 valence electrons. The van der Waals surface area contributed by atoms with Gasteiger partial charge in [-0.05, 0) is 32.0 Å². The Kier molecular flexibility index (Phi) is 3.49. The molecule has 1 aromatic carbocycles. The molecular formula is C11H15FN2O2. The van der Waals surface area contributed by atoms with Crippen LogP contribution in [-0.4, -0.2) is 18.6 Å². The Hall–Kier alpha value is -1.62. The lowest BCUT2D eigenvalue weighted by Gasteiger charge is -2.21. The molecule has 0 atom stereocenters. The Morgan fingerprint density at radius 2 is 2.12 bits per heavy atom. The summed E-state index contributed by atoms with van der Waals surface area (Å²) in [5.41, 5.74) is 4.78. The molecule has 1 amide bonds. The van der Waals surface area contributed by atoms with E-state index in [1.54, 1.807) is 13.8 Å². The highest BCUT2D eigenvalue weighted by molar-refractivity contribution is 5.96. The van der Waals surface area contributed by atoms with E-state index in [0.29, 0.717) is 5.69 Å². The summed E-state index contributed by atoms with van der Waals surface area (Å²) in [6.45, 7) is 3.19. The van der Waals surface area contributed by atoms with E-state index in [-0.39, 0.29) is 5.69 Å². The number of carbonyl (C=O) groups excluding carboxylic acids is 1. The summed E-state index contributed by atoms with van der Waals surface area (Å²) in [5.74, 6) is -0.987. The fourth-order valence-corrected chi connectivity index (χ4v) is 0.998. The van der Waals surface area contributed by atoms with Crippen LogP contribution in [0.5, 0.6) is 0 Å². The van der Waals surface area contributed by atoms with Gasteiger partial charge in [-0.3, -0.25) is 4.79 Å². The second-order valence-electron chi connectivity index (χ2n) is 3.91. The maximum Gasteiger partial charge on any atom is 0.256 e. The van der Waals surface area contributed by atoms with E-state index in [0.717, 1.165) is 6.07 Å². The van der Waals surface area contributed by atoms with Crippen LogP contribution in [-0.2, 0) is 9.53 Å². The van der Waals surface area contributed by atoms with Crippen LogP contribution in [0.4, 0.5) is 15.8 Å². The number of hydrogen-bond donors (Lipinski definition) is 2. The molecule has 0 fully saturated rings. The first-order valence-corrected chi connectivity index (χ1v) is 4.78. The normalized spacial score (nSPS) is 11.2. The highest BCUT2D eigenvalue weighted by Crippen LogP contribution is 2.19. The summed E-state index contributed by atoms with van der Waals surface area (Å²) >= 11 is 0. The number of ether oxygens (including phenoxy) is 1. The Labute approximate surface area is 93.6 Å². The molecule has 3 N–H and O–H groups in total. The minimum absolute atomic E-state index is 0.0873. The molecule has 0 aliphatic rings. The summed E-state index contributed by atoms with van der Waals surface area (Å²) in [6, 6.07) is 4.07. The Morgan fingerprint density at radius 3 is 2.62 bits per heavy atom. The van der Waals surface area contributed by atoms with Gasteiger partial charge in [-0.1, -0.05) is 0 Å². The smallest absolute Gasteiger partial charge is 0.256 e. The SMILES string of the molecule is COC(C)(C)C(=O)Nc1ccc(N)cc1F. The van der Waals surface area contributed by atoms with E-state index in [1.807, 2.05) is 0 Å². The molecule has 0 unspecified atom stereocenters. The number of halogens is 1. The Bertz CT molecular complexity index is 405. The summed E-state index contributed by atoms with van der Waals surface area (Å²) < 4.78 is 18.3. The van der Waals surface area contributed by atoms with Gasteiger partial charge in [0.15, 0.2) is 0 Å². The molecule has 0 aromatic heterocycles. The van der Waals surface area contributed by atoms with Gasteiger partial charge in [0.25, 0.3) is 5.91 Å². The van der Waals surface area contributed by atoms with Crippen LogP contribution >= 0.6 is 0 Å². The van der Waals surface area contributed by atoms with Crippen LogP contribution < -0.4 is 11.1 Å². The summed E-state index contributed by atoms with van der Waals surface area (Å²) in [6.07, 6.45) is 0. The van der Waals surface area contributed by atoms with Gasteiger partial charge in [-0.15, -0.1) is 0 Å². The molecule has 4 nitrogen and oxygen atoms in total. The number of nitrogens with two attached hydrogens (primary N) is 1. The van der Waals surface area contributed by atoms with Gasteiger partial charge in [-0.25, -0.2) is 4.39 Å². The zero-order chi connectivity index (χ0) is 12.3. The summed E-state index contributed by atoms with van der Waals surface area (Å²) in [5, 5.41) is 2.43. The lowest BCUT2D eigenvalue weighted by atomic mass is 10.1. The Morgan fingerprint density at radius 1 is 1.50 bits per heavy atom. The molecule has 0 heterocycles. The molecule has 0 bridgehead atoms. The van der Waals surface area contributed by atoms with Crippen molar-refractivity contribution in [1.29, 1.82) is 0 Å². The molecule has 0 radical (unpaired) electrons. The zero-order valence-electron chi connectivity index (χ0n) is 9.50. The number of nitrogen functional groups attached to an aromatic ring is 1. The number of nitrogens with one attached hydrogen (secondary N) is 1. The van der Waals surface area contributed by atoms with Gasteiger partial charge in [0.05, 0.1) is 5.69 Å². The zero-order valence-corrected chi connectivity index (χ0v) is 9.50. The van der Waals surface area contributed by atoms with E-state index >= 15 is 0 Å². The minimum atomic E-state index is -1.01. The van der Waals surface area contributed by atoms with E-state index in [2.05, 4.69) is 5.32 Å². The largest absolute Gasteiger partial charge is 0.399 e. The van der Waals surface area contributed by atoms with Gasteiger partial charge in [0, 0.05) is 12.8 Å². The van der Waals surface area contributed by atoms with Gasteiger partial charge >= 0.3 is 0 Å². The summed E-state index contributed by atoms with van der Waals surface area (Å²) in [4.78, 5) is 11.7. The van der Waals surface area contributed by atoms with Crippen molar-refractivity contribution in [3.63, 3.8) is 0 Å². The number of rotatable bonds is 3. The first-order chi connectivity index (χ1) is 7.36. The van der Waals surface area contributed by atoms with Gasteiger partial charge < -0.3 is 15.8 Å². The van der Waals surface area contributed by atoms with Crippen molar-refractivity contribution in [1.82, 2.24) is 0 Å². The van der Waals surface area contributed by atoms with Crippen LogP contribution in [0.25, 0.3) is 0 Å². The van der Waals surface area contributed by atoms with Crippen LogP contribution in [0.2, 0.25) is 0 Å². The first kappa shape index (κ1) is 12.4. The molecule has 1 aromatic rings. The fourth-order valence-electron chi connectivity index (χ4n) is 0.998. The summed E-state index contributed by atoms with van der Waals surface area (Å²) in [7, 11) is 1.42. The van der Waals surface area contributed by atoms with E-state index in [1.165, 1.54) is 19.2 Å². The predicted molar refractivity (Wildman–Crippen MR) is 60.5 cm³/mol. The van der Waals surface area contributed by atoms with Crippen LogP contribution in [0.15, 0.2) is 18.2 Å². The third-order valence-electron chi connectivity index (χ3n) is 2.30. The van der Waals surface area contributed by atoms with Crippen molar-refractivity contribution in [2.75, 3.05) is 18.2 Å². The molecule has 1 rings (SSSR count). The first-order valence-electron chi connectivity index (χ1n) is 4.78. The molecule has 0 aliphatic carbocycles. The van der Waals surface area contributed by atoms with Crippen molar-refractivity contribution in [2.45, 2.75) is 19.4 Å². The van der Waals surface area contributed by atoms with Crippen molar-refractivity contribution >= 4 is 17.3 Å². The number of carbonyl (C=O) groups is 1. The monoisotopic (exact) mass is 226 g/mol. The van der Waals surface area contributed by atoms with Crippen LogP contribution in [0, 0.1) is 5.82 Å². The number of hydrogen-bond acceptors (Lipinski definition) is 3. The lowest BCUT2D eigenvalue weighted by Crippen LogP contribution is -2.39. The van der Waals surface area contributed by atoms with E-state index in [4.69, 9.17) is 10.5 Å². The van der Waals surface area contributed by atoms with Crippen molar-refractivity contribution < 1.29 is 13.9 Å². The fraction of sp³-hybridized carbons (Fsp3) is 0.364. The van der Waals surface area contributed by atoms with Crippen LogP contribution in [0.3, 0.4) is 0 Å². The number of methoxy groups -OCH3 is 1. The van der Waals surface area contributed by atoms with Gasteiger partial charge in [-0.2, -0.15) is 0 Å². The predicted octanol–water partition coefficient (Wildman–Crippen LogP) is 1.77. The molecule has 0 saturated carbocycles. The average molecular weight is 226 g/mol. The third-order valence-corrected chi connectivity index (χ3v) is 2.30. The Balaban J connectivity index is 2.85. The van der Waals surface area contributed by atoms with Crippen molar-refractivity contribution in [3.8, 4) is 0 Å². The van der Waals surface area contributed by atoms with E-state index in [9.17, 15) is 9.18 Å². The standard InChI is InChI=1S/C11H15FN2O2/c1-11(2,16-3)10(15)14-9-5-4-7(13)6-8(9)12/h4-6H,13H2,1-3H3,(H,14,15). The highest BCUT2D eigenvalue weighted by Gasteiger charge is 2.27. The molecule has 5 heteroatoms. The van der Waals surface area contributed by atoms with Gasteiger partial charge in [0.2, 0.25) is 0 Å². The average Bonchev–Trinajstić information content (AvgIpc) is 2.22. The second-order valence-corrected chi connectivity index (χ2v) is 3.91. The van der Waals surface area contributed by atoms with Gasteiger partial charge in [0.1, 0.15) is 11.4 Å². The lowest BCUT2D eigenvalue weighted by molar-refractivity contribution is -0.133. The van der Waals surface area contributed by atoms with Crippen molar-refractivity contribution in [3.05, 3.63) is 24.0 Å².